The van der Waals surface area contributed by atoms with Crippen LogP contribution in [-0.2, 0) is 4.79 Å². The number of aromatic nitrogens is 1. The number of para-hydroxylation sites is 1. The summed E-state index contributed by atoms with van der Waals surface area (Å²) in [4.78, 5) is 39.1. The molecule has 0 N–H and O–H groups in total. The molecule has 0 atom stereocenters. The number of benzene rings is 1. The molecule has 1 heterocycles. The fourth-order valence-corrected chi connectivity index (χ4v) is 2.26. The molecule has 2 rings (SSSR count). The minimum atomic E-state index is -0.514. The molecule has 0 aliphatic rings. The van der Waals surface area contributed by atoms with Crippen molar-refractivity contribution in [1.82, 2.24) is 4.98 Å². The van der Waals surface area contributed by atoms with E-state index >= 15 is 0 Å². The second-order valence-electron chi connectivity index (χ2n) is 4.03. The molecule has 0 saturated carbocycles. The molecule has 8 heteroatoms. The lowest BCUT2D eigenvalue weighted by atomic mass is 10.2. The van der Waals surface area contributed by atoms with Gasteiger partial charge in [-0.05, 0) is 17.3 Å². The normalized spacial score (nSPS) is 10.0. The number of anilines is 1. The van der Waals surface area contributed by atoms with Crippen LogP contribution in [-0.4, -0.2) is 23.9 Å². The van der Waals surface area contributed by atoms with Gasteiger partial charge in [-0.1, -0.05) is 23.5 Å². The molecular formula is C13H11N3O4S. The standard InChI is InChI=1S/C13H11N3O4S/c1-8(17)20-10-6-4-3-5-9(10)12(18)16(2)13-14-7-11(15-19)21-13/h3-7H,1-2H3. The second kappa shape index (κ2) is 6.23. The Morgan fingerprint density at radius 1 is 1.33 bits per heavy atom. The maximum atomic E-state index is 12.4. The molecule has 7 nitrogen and oxygen atoms in total. The zero-order valence-electron chi connectivity index (χ0n) is 11.3. The van der Waals surface area contributed by atoms with Crippen LogP contribution in [0.15, 0.2) is 35.6 Å². The fraction of sp³-hybridized carbons (Fsp3) is 0.154. The van der Waals surface area contributed by atoms with Gasteiger partial charge in [0.1, 0.15) is 5.75 Å². The van der Waals surface area contributed by atoms with Crippen LogP contribution in [0.3, 0.4) is 0 Å². The van der Waals surface area contributed by atoms with E-state index in [2.05, 4.69) is 10.2 Å². The van der Waals surface area contributed by atoms with Gasteiger partial charge in [0, 0.05) is 14.0 Å². The Labute approximate surface area is 124 Å². The molecule has 0 aliphatic carbocycles. The number of carbonyl (C=O) groups is 2. The summed E-state index contributed by atoms with van der Waals surface area (Å²) in [5, 5.41) is 3.27. The van der Waals surface area contributed by atoms with E-state index in [9.17, 15) is 14.5 Å². The van der Waals surface area contributed by atoms with Crippen molar-refractivity contribution in [2.45, 2.75) is 6.92 Å². The van der Waals surface area contributed by atoms with Crippen LogP contribution in [0.2, 0.25) is 0 Å². The Morgan fingerprint density at radius 3 is 2.67 bits per heavy atom. The van der Waals surface area contributed by atoms with Crippen LogP contribution >= 0.6 is 11.3 Å². The quantitative estimate of drug-likeness (QED) is 0.492. The topological polar surface area (TPSA) is 88.9 Å². The van der Waals surface area contributed by atoms with Gasteiger partial charge >= 0.3 is 5.97 Å². The first-order valence-electron chi connectivity index (χ1n) is 5.87. The Bertz CT molecular complexity index is 698. The number of nitrogens with zero attached hydrogens (tertiary/aromatic N) is 3. The molecule has 0 unspecified atom stereocenters. The zero-order chi connectivity index (χ0) is 15.4. The maximum absolute atomic E-state index is 12.4. The van der Waals surface area contributed by atoms with E-state index in [0.29, 0.717) is 5.13 Å². The minimum absolute atomic E-state index is 0.173. The first-order chi connectivity index (χ1) is 10.0. The van der Waals surface area contributed by atoms with E-state index in [1.807, 2.05) is 0 Å². The van der Waals surface area contributed by atoms with Gasteiger partial charge in [0.25, 0.3) is 5.91 Å². The molecule has 0 radical (unpaired) electrons. The molecule has 108 valence electrons. The number of carbonyl (C=O) groups excluding carboxylic acids is 2. The average molecular weight is 305 g/mol. The van der Waals surface area contributed by atoms with E-state index in [4.69, 9.17) is 4.74 Å². The highest BCUT2D eigenvalue weighted by molar-refractivity contribution is 7.19. The first-order valence-corrected chi connectivity index (χ1v) is 6.69. The Hall–Kier alpha value is -2.61. The third-order valence-corrected chi connectivity index (χ3v) is 3.48. The maximum Gasteiger partial charge on any atom is 0.308 e. The number of nitroso groups, excluding NO2 is 1. The number of amides is 1. The largest absolute Gasteiger partial charge is 0.426 e. The Morgan fingerprint density at radius 2 is 2.05 bits per heavy atom. The highest BCUT2D eigenvalue weighted by atomic mass is 32.1. The highest BCUT2D eigenvalue weighted by Crippen LogP contribution is 2.30. The fourth-order valence-electron chi connectivity index (χ4n) is 1.61. The predicted octanol–water partition coefficient (Wildman–Crippen LogP) is 2.74. The molecule has 0 spiro atoms. The summed E-state index contributed by atoms with van der Waals surface area (Å²) in [6.45, 7) is 1.26. The molecule has 1 aromatic carbocycles. The molecule has 21 heavy (non-hydrogen) atoms. The Balaban J connectivity index is 2.30. The lowest BCUT2D eigenvalue weighted by Crippen LogP contribution is -2.26. The van der Waals surface area contributed by atoms with E-state index in [0.717, 1.165) is 11.3 Å². The molecule has 2 aromatic rings. The lowest BCUT2D eigenvalue weighted by molar-refractivity contribution is -0.131. The van der Waals surface area contributed by atoms with Crippen molar-refractivity contribution in [1.29, 1.82) is 0 Å². The summed E-state index contributed by atoms with van der Waals surface area (Å²) >= 11 is 0.991. The van der Waals surface area contributed by atoms with Crippen LogP contribution in [0.1, 0.15) is 17.3 Å². The third-order valence-electron chi connectivity index (χ3n) is 2.53. The van der Waals surface area contributed by atoms with Gasteiger partial charge in [0.15, 0.2) is 10.1 Å². The molecule has 0 bridgehead atoms. The van der Waals surface area contributed by atoms with Crippen LogP contribution in [0, 0.1) is 4.91 Å². The summed E-state index contributed by atoms with van der Waals surface area (Å²) in [5.41, 5.74) is 0.228. The van der Waals surface area contributed by atoms with Crippen molar-refractivity contribution < 1.29 is 14.3 Å². The summed E-state index contributed by atoms with van der Waals surface area (Å²) < 4.78 is 5.01. The lowest BCUT2D eigenvalue weighted by Gasteiger charge is -2.15. The van der Waals surface area contributed by atoms with Gasteiger partial charge in [-0.3, -0.25) is 14.5 Å². The molecule has 0 fully saturated rings. The van der Waals surface area contributed by atoms with Crippen molar-refractivity contribution in [2.75, 3.05) is 11.9 Å². The SMILES string of the molecule is CC(=O)Oc1ccccc1C(=O)N(C)c1ncc(N=O)s1. The first kappa shape index (κ1) is 14.8. The van der Waals surface area contributed by atoms with Crippen molar-refractivity contribution in [3.63, 3.8) is 0 Å². The number of hydrogen-bond acceptors (Lipinski definition) is 7. The summed E-state index contributed by atoms with van der Waals surface area (Å²) in [5.74, 6) is -0.745. The Kier molecular flexibility index (Phi) is 4.39. The number of hydrogen-bond donors (Lipinski definition) is 0. The van der Waals surface area contributed by atoms with Crippen LogP contribution in [0.4, 0.5) is 10.1 Å². The monoisotopic (exact) mass is 305 g/mol. The van der Waals surface area contributed by atoms with Gasteiger partial charge in [0.2, 0.25) is 0 Å². The second-order valence-corrected chi connectivity index (χ2v) is 5.01. The predicted molar refractivity (Wildman–Crippen MR) is 78.1 cm³/mol. The summed E-state index contributed by atoms with van der Waals surface area (Å²) in [6, 6.07) is 6.40. The van der Waals surface area contributed by atoms with Gasteiger partial charge in [-0.25, -0.2) is 4.98 Å². The van der Waals surface area contributed by atoms with E-state index in [1.54, 1.807) is 18.2 Å². The third kappa shape index (κ3) is 3.29. The number of thiazole rings is 1. The van der Waals surface area contributed by atoms with Gasteiger partial charge in [-0.15, -0.1) is 4.91 Å². The van der Waals surface area contributed by atoms with E-state index in [1.165, 1.54) is 31.1 Å². The smallest absolute Gasteiger partial charge is 0.308 e. The van der Waals surface area contributed by atoms with Crippen molar-refractivity contribution in [2.24, 2.45) is 5.18 Å². The molecular weight excluding hydrogens is 294 g/mol. The van der Waals surface area contributed by atoms with Crippen LogP contribution in [0.25, 0.3) is 0 Å². The number of rotatable bonds is 4. The average Bonchev–Trinajstić information content (AvgIpc) is 2.94. The van der Waals surface area contributed by atoms with Crippen molar-refractivity contribution in [3.8, 4) is 5.75 Å². The van der Waals surface area contributed by atoms with Gasteiger partial charge in [-0.2, -0.15) is 0 Å². The molecule has 1 aromatic heterocycles. The molecule has 0 aliphatic heterocycles. The van der Waals surface area contributed by atoms with Gasteiger partial charge in [0.05, 0.1) is 11.8 Å². The molecule has 1 amide bonds. The summed E-state index contributed by atoms with van der Waals surface area (Å²) in [7, 11) is 1.51. The molecule has 0 saturated heterocycles. The van der Waals surface area contributed by atoms with Crippen LogP contribution in [0.5, 0.6) is 5.75 Å². The van der Waals surface area contributed by atoms with Crippen LogP contribution < -0.4 is 9.64 Å². The van der Waals surface area contributed by atoms with Gasteiger partial charge < -0.3 is 4.74 Å². The highest BCUT2D eigenvalue weighted by Gasteiger charge is 2.20. The van der Waals surface area contributed by atoms with Crippen molar-refractivity contribution >= 4 is 33.3 Å². The van der Waals surface area contributed by atoms with E-state index < -0.39 is 11.9 Å². The summed E-state index contributed by atoms with van der Waals surface area (Å²) in [6.07, 6.45) is 1.29. The number of ether oxygens (including phenoxy) is 1. The number of esters is 1. The van der Waals surface area contributed by atoms with E-state index in [-0.39, 0.29) is 16.3 Å². The van der Waals surface area contributed by atoms with Crippen molar-refractivity contribution in [3.05, 3.63) is 40.9 Å². The zero-order valence-corrected chi connectivity index (χ0v) is 12.1. The minimum Gasteiger partial charge on any atom is -0.426 e.